The van der Waals surface area contributed by atoms with E-state index in [0.717, 1.165) is 36.4 Å². The number of urea groups is 1. The van der Waals surface area contributed by atoms with E-state index in [1.807, 2.05) is 0 Å². The van der Waals surface area contributed by atoms with Gasteiger partial charge in [0.05, 0.1) is 6.04 Å². The van der Waals surface area contributed by atoms with Crippen molar-refractivity contribution in [3.63, 3.8) is 0 Å². The Morgan fingerprint density at radius 1 is 1.04 bits per heavy atom. The fraction of sp³-hybridized carbons (Fsp3) is 0.222. The number of carbonyl (C=O) groups is 2. The van der Waals surface area contributed by atoms with E-state index in [2.05, 4.69) is 5.32 Å². The smallest absolute Gasteiger partial charge is 0.437 e. The van der Waals surface area contributed by atoms with E-state index in [4.69, 9.17) is 0 Å². The minimum atomic E-state index is -5.39. The summed E-state index contributed by atoms with van der Waals surface area (Å²) in [7, 11) is 0. The van der Waals surface area contributed by atoms with Crippen LogP contribution in [0, 0.1) is 11.7 Å². The molecule has 2 aromatic carbocycles. The van der Waals surface area contributed by atoms with Gasteiger partial charge < -0.3 is 20.8 Å². The van der Waals surface area contributed by atoms with Crippen LogP contribution in [0.3, 0.4) is 0 Å². The van der Waals surface area contributed by atoms with E-state index >= 15 is 0 Å². The second kappa shape index (κ2) is 6.79. The third kappa shape index (κ3) is 3.38. The Morgan fingerprint density at radius 2 is 1.61 bits per heavy atom. The topological polar surface area (TPSA) is 98.7 Å². The van der Waals surface area contributed by atoms with Crippen LogP contribution in [0.25, 0.3) is 0 Å². The van der Waals surface area contributed by atoms with Crippen molar-refractivity contribution in [3.05, 3.63) is 65.5 Å². The molecular formula is C18H14F4N2O4. The second-order valence-electron chi connectivity index (χ2n) is 6.28. The van der Waals surface area contributed by atoms with Gasteiger partial charge in [-0.05, 0) is 42.0 Å². The van der Waals surface area contributed by atoms with Crippen molar-refractivity contribution in [2.45, 2.75) is 17.9 Å². The fourth-order valence-corrected chi connectivity index (χ4v) is 3.09. The molecule has 0 aromatic heterocycles. The molecule has 148 valence electrons. The first kappa shape index (κ1) is 19.6. The molecule has 0 bridgehead atoms. The first-order valence-electron chi connectivity index (χ1n) is 7.99. The summed E-state index contributed by atoms with van der Waals surface area (Å²) < 4.78 is 54.2. The maximum absolute atomic E-state index is 13.7. The molecule has 6 nitrogen and oxygen atoms in total. The lowest BCUT2D eigenvalue weighted by atomic mass is 9.77. The Bertz CT molecular complexity index is 899. The van der Waals surface area contributed by atoms with E-state index in [9.17, 15) is 37.4 Å². The fourth-order valence-electron chi connectivity index (χ4n) is 3.09. The molecule has 1 aliphatic heterocycles. The van der Waals surface area contributed by atoms with Crippen LogP contribution in [0.4, 0.5) is 22.4 Å². The highest BCUT2D eigenvalue weighted by Gasteiger charge is 2.66. The molecule has 3 rings (SSSR count). The highest BCUT2D eigenvalue weighted by atomic mass is 19.4. The van der Waals surface area contributed by atoms with Crippen LogP contribution in [0.1, 0.15) is 22.0 Å². The number of nitrogens with one attached hydrogen (secondary N) is 2. The Kier molecular flexibility index (Phi) is 4.76. The van der Waals surface area contributed by atoms with Crippen LogP contribution in [0.5, 0.6) is 5.75 Å². The number of Topliss-reactive ketones (excluding diaryl/α,β-unsaturated/α-hetero) is 1. The summed E-state index contributed by atoms with van der Waals surface area (Å²) in [6.45, 7) is 0. The third-order valence-corrected chi connectivity index (χ3v) is 4.47. The number of ketones is 1. The number of carbonyl (C=O) groups excluding carboxylic acids is 2. The molecule has 2 amide bonds. The van der Waals surface area contributed by atoms with Crippen molar-refractivity contribution in [3.8, 4) is 5.75 Å². The van der Waals surface area contributed by atoms with Gasteiger partial charge in [0.1, 0.15) is 17.5 Å². The van der Waals surface area contributed by atoms with Crippen LogP contribution < -0.4 is 10.6 Å². The van der Waals surface area contributed by atoms with Crippen molar-refractivity contribution < 1.29 is 37.4 Å². The number of phenolic OH excluding ortho intramolecular Hbond substituents is 1. The molecule has 10 heteroatoms. The zero-order valence-electron chi connectivity index (χ0n) is 14.0. The molecule has 3 atom stereocenters. The van der Waals surface area contributed by atoms with Crippen molar-refractivity contribution in [2.24, 2.45) is 5.92 Å². The maximum Gasteiger partial charge on any atom is 0.437 e. The van der Waals surface area contributed by atoms with E-state index in [-0.39, 0.29) is 16.9 Å². The lowest BCUT2D eigenvalue weighted by Gasteiger charge is -2.45. The zero-order chi connectivity index (χ0) is 20.7. The average Bonchev–Trinajstić information content (AvgIpc) is 2.61. The molecule has 1 aliphatic rings. The number of phenols is 1. The minimum absolute atomic E-state index is 0.0517. The number of aliphatic hydroxyl groups is 1. The van der Waals surface area contributed by atoms with Crippen molar-refractivity contribution >= 4 is 11.8 Å². The highest BCUT2D eigenvalue weighted by Crippen LogP contribution is 2.44. The number of benzene rings is 2. The number of hydrogen-bond acceptors (Lipinski definition) is 4. The van der Waals surface area contributed by atoms with Gasteiger partial charge in [0.25, 0.3) is 0 Å². The van der Waals surface area contributed by atoms with Gasteiger partial charge >= 0.3 is 12.2 Å². The average molecular weight is 398 g/mol. The molecule has 1 fully saturated rings. The van der Waals surface area contributed by atoms with Crippen LogP contribution in [0.2, 0.25) is 0 Å². The van der Waals surface area contributed by atoms with Gasteiger partial charge in [0.2, 0.25) is 5.72 Å². The Morgan fingerprint density at radius 3 is 2.14 bits per heavy atom. The number of aromatic hydroxyl groups is 1. The van der Waals surface area contributed by atoms with Gasteiger partial charge in [-0.15, -0.1) is 0 Å². The summed E-state index contributed by atoms with van der Waals surface area (Å²) in [4.78, 5) is 24.7. The molecular weight excluding hydrogens is 384 g/mol. The standard InChI is InChI=1S/C18H14F4N2O4/c19-11-5-1-10(2-6-11)15(26)13-14(9-3-7-12(25)8-4-9)23-16(27)24-17(13,28)18(20,21)22/h1-8,13-14,25,28H,(H2,23,24,27)/t13-,14+,17+/m0/s1. The Labute approximate surface area is 155 Å². The molecule has 1 heterocycles. The molecule has 0 unspecified atom stereocenters. The summed E-state index contributed by atoms with van der Waals surface area (Å²) in [5, 5.41) is 23.4. The van der Waals surface area contributed by atoms with Gasteiger partial charge in [0, 0.05) is 5.56 Å². The lowest BCUT2D eigenvalue weighted by molar-refractivity contribution is -0.287. The summed E-state index contributed by atoms with van der Waals surface area (Å²) in [5.74, 6) is -4.27. The van der Waals surface area contributed by atoms with Crippen LogP contribution >= 0.6 is 0 Å². The molecule has 0 radical (unpaired) electrons. The van der Waals surface area contributed by atoms with Gasteiger partial charge in [-0.3, -0.25) is 4.79 Å². The van der Waals surface area contributed by atoms with E-state index in [0.29, 0.717) is 0 Å². The minimum Gasteiger partial charge on any atom is -0.508 e. The summed E-state index contributed by atoms with van der Waals surface area (Å²) in [6, 6.07) is 5.61. The van der Waals surface area contributed by atoms with Crippen molar-refractivity contribution in [2.75, 3.05) is 0 Å². The zero-order valence-corrected chi connectivity index (χ0v) is 14.0. The Hall–Kier alpha value is -3.14. The van der Waals surface area contributed by atoms with E-state index in [1.165, 1.54) is 17.4 Å². The Balaban J connectivity index is 2.15. The monoisotopic (exact) mass is 398 g/mol. The molecule has 28 heavy (non-hydrogen) atoms. The number of rotatable bonds is 3. The van der Waals surface area contributed by atoms with E-state index in [1.54, 1.807) is 0 Å². The number of amides is 2. The summed E-state index contributed by atoms with van der Waals surface area (Å²) in [6.07, 6.45) is -5.39. The predicted molar refractivity (Wildman–Crippen MR) is 87.7 cm³/mol. The van der Waals surface area contributed by atoms with Gasteiger partial charge in [0.15, 0.2) is 5.78 Å². The lowest BCUT2D eigenvalue weighted by Crippen LogP contribution is -2.72. The summed E-state index contributed by atoms with van der Waals surface area (Å²) in [5.41, 5.74) is -4.10. The van der Waals surface area contributed by atoms with E-state index < -0.39 is 41.5 Å². The largest absolute Gasteiger partial charge is 0.508 e. The van der Waals surface area contributed by atoms with Crippen molar-refractivity contribution in [1.29, 1.82) is 0 Å². The van der Waals surface area contributed by atoms with Gasteiger partial charge in [-0.2, -0.15) is 13.2 Å². The SMILES string of the molecule is O=C1N[C@H](c2ccc(O)cc2)[C@@H](C(=O)c2ccc(F)cc2)[C@@](O)(C(F)(F)F)N1. The normalized spacial score (nSPS) is 25.0. The number of hydrogen-bond donors (Lipinski definition) is 4. The quantitative estimate of drug-likeness (QED) is 0.472. The molecule has 0 saturated carbocycles. The summed E-state index contributed by atoms with van der Waals surface area (Å²) >= 11 is 0. The first-order chi connectivity index (χ1) is 13.0. The number of halogens is 4. The molecule has 0 spiro atoms. The molecule has 2 aromatic rings. The van der Waals surface area contributed by atoms with Gasteiger partial charge in [-0.1, -0.05) is 12.1 Å². The van der Waals surface area contributed by atoms with Crippen molar-refractivity contribution in [1.82, 2.24) is 10.6 Å². The second-order valence-corrected chi connectivity index (χ2v) is 6.28. The molecule has 1 saturated heterocycles. The molecule has 0 aliphatic carbocycles. The van der Waals surface area contributed by atoms with Gasteiger partial charge in [-0.25, -0.2) is 9.18 Å². The number of alkyl halides is 3. The predicted octanol–water partition coefficient (Wildman–Crippen LogP) is 2.64. The third-order valence-electron chi connectivity index (χ3n) is 4.47. The maximum atomic E-state index is 13.7. The highest BCUT2D eigenvalue weighted by molar-refractivity contribution is 6.00. The molecule has 4 N–H and O–H groups in total. The van der Waals surface area contributed by atoms with Crippen LogP contribution in [-0.2, 0) is 0 Å². The van der Waals surface area contributed by atoms with Crippen LogP contribution in [-0.4, -0.2) is 33.9 Å². The van der Waals surface area contributed by atoms with Crippen LogP contribution in [0.15, 0.2) is 48.5 Å². The first-order valence-corrected chi connectivity index (χ1v) is 7.99.